The number of hydrogen-bond donors (Lipinski definition) is 0. The van der Waals surface area contributed by atoms with Gasteiger partial charge in [-0.05, 0) is 62.6 Å². The minimum Gasteiger partial charge on any atom is -0.369 e. The highest BCUT2D eigenvalue weighted by atomic mass is 19.1. The molecule has 0 unspecified atom stereocenters. The lowest BCUT2D eigenvalue weighted by Crippen LogP contribution is -2.46. The fourth-order valence-corrected chi connectivity index (χ4v) is 4.51. The zero-order chi connectivity index (χ0) is 20.2. The molecule has 0 bridgehead atoms. The Morgan fingerprint density at radius 1 is 0.931 bits per heavy atom. The Morgan fingerprint density at radius 2 is 1.66 bits per heavy atom. The van der Waals surface area contributed by atoms with E-state index in [2.05, 4.69) is 14.4 Å². The average Bonchev–Trinajstić information content (AvgIpc) is 3.02. The van der Waals surface area contributed by atoms with E-state index in [1.807, 2.05) is 36.3 Å². The van der Waals surface area contributed by atoms with E-state index in [1.165, 1.54) is 17.8 Å². The molecule has 1 saturated heterocycles. The van der Waals surface area contributed by atoms with Crippen LogP contribution >= 0.6 is 0 Å². The summed E-state index contributed by atoms with van der Waals surface area (Å²) in [6.07, 6.45) is 6.19. The van der Waals surface area contributed by atoms with E-state index in [4.69, 9.17) is 0 Å². The summed E-state index contributed by atoms with van der Waals surface area (Å²) in [5, 5.41) is 0. The molecule has 1 aromatic heterocycles. The number of rotatable bonds is 6. The predicted molar refractivity (Wildman–Crippen MR) is 114 cm³/mol. The number of benzene rings is 1. The molecular weight excluding hydrogens is 367 g/mol. The van der Waals surface area contributed by atoms with Crippen LogP contribution in [0.25, 0.3) is 0 Å². The summed E-state index contributed by atoms with van der Waals surface area (Å²) in [5.41, 5.74) is 3.17. The van der Waals surface area contributed by atoms with Gasteiger partial charge in [0.25, 0.3) is 5.91 Å². The number of carbonyl (C=O) groups is 1. The summed E-state index contributed by atoms with van der Waals surface area (Å²) in [4.78, 5) is 19.7. The summed E-state index contributed by atoms with van der Waals surface area (Å²) < 4.78 is 15.2. The van der Waals surface area contributed by atoms with Crippen molar-refractivity contribution in [3.05, 3.63) is 53.6 Å². The lowest BCUT2D eigenvalue weighted by molar-refractivity contribution is 0.0756. The van der Waals surface area contributed by atoms with Crippen LogP contribution in [0.2, 0.25) is 0 Å². The first kappa shape index (κ1) is 20.0. The normalized spacial score (nSPS) is 18.1. The van der Waals surface area contributed by atoms with Gasteiger partial charge in [0.1, 0.15) is 5.82 Å². The van der Waals surface area contributed by atoms with Gasteiger partial charge in [-0.1, -0.05) is 0 Å². The summed E-state index contributed by atoms with van der Waals surface area (Å²) in [6.45, 7) is 6.82. The third-order valence-electron chi connectivity index (χ3n) is 6.28. The molecule has 1 aromatic carbocycles. The van der Waals surface area contributed by atoms with E-state index in [0.717, 1.165) is 82.7 Å². The average molecular weight is 399 g/mol. The van der Waals surface area contributed by atoms with Crippen LogP contribution in [0.5, 0.6) is 0 Å². The molecule has 3 heterocycles. The summed E-state index contributed by atoms with van der Waals surface area (Å²) >= 11 is 0. The third kappa shape index (κ3) is 4.64. The van der Waals surface area contributed by atoms with Crippen molar-refractivity contribution in [2.45, 2.75) is 25.7 Å². The maximum Gasteiger partial charge on any atom is 0.255 e. The number of piperazine rings is 1. The van der Waals surface area contributed by atoms with Gasteiger partial charge >= 0.3 is 0 Å². The number of aryl methyl sites for hydroxylation is 1. The molecule has 0 N–H and O–H groups in total. The molecule has 2 aliphatic rings. The van der Waals surface area contributed by atoms with Crippen LogP contribution in [0, 0.1) is 5.82 Å². The molecule has 1 amide bonds. The van der Waals surface area contributed by atoms with Crippen LogP contribution < -0.4 is 4.90 Å². The van der Waals surface area contributed by atoms with Crippen LogP contribution in [-0.2, 0) is 13.5 Å². The second-order valence-electron chi connectivity index (χ2n) is 8.19. The fraction of sp³-hybridized carbons (Fsp3) is 0.522. The number of aromatic nitrogens is 1. The predicted octanol–water partition coefficient (Wildman–Crippen LogP) is 3.16. The van der Waals surface area contributed by atoms with E-state index in [-0.39, 0.29) is 11.7 Å². The van der Waals surface area contributed by atoms with Crippen molar-refractivity contribution in [1.82, 2.24) is 14.4 Å². The highest BCUT2D eigenvalue weighted by Gasteiger charge is 2.24. The minimum atomic E-state index is -0.182. The van der Waals surface area contributed by atoms with Crippen molar-refractivity contribution in [3.63, 3.8) is 0 Å². The topological polar surface area (TPSA) is 31.7 Å². The van der Waals surface area contributed by atoms with E-state index < -0.39 is 0 Å². The van der Waals surface area contributed by atoms with Crippen molar-refractivity contribution >= 4 is 11.6 Å². The highest BCUT2D eigenvalue weighted by Crippen LogP contribution is 2.20. The molecule has 0 saturated carbocycles. The number of amides is 1. The number of halogens is 1. The standard InChI is InChI=1S/C23H31FN4O/c1-25-14-10-21-22(25)5-4-13-28(23(21)29)12-3-2-11-26-15-17-27(18-16-26)20-8-6-19(24)7-9-20/h6-10,14H,2-5,11-13,15-18H2,1H3. The number of unbranched alkanes of at least 4 members (excludes halogenated alkanes) is 1. The van der Waals surface area contributed by atoms with Gasteiger partial charge in [0.2, 0.25) is 0 Å². The Labute approximate surface area is 172 Å². The summed E-state index contributed by atoms with van der Waals surface area (Å²) in [5.74, 6) is 0.0183. The van der Waals surface area contributed by atoms with Gasteiger partial charge < -0.3 is 14.4 Å². The maximum atomic E-state index is 13.1. The molecule has 0 aliphatic carbocycles. The van der Waals surface area contributed by atoms with Gasteiger partial charge in [-0.15, -0.1) is 0 Å². The van der Waals surface area contributed by atoms with Crippen LogP contribution in [0.3, 0.4) is 0 Å². The number of carbonyl (C=O) groups excluding carboxylic acids is 1. The molecule has 2 aliphatic heterocycles. The number of fused-ring (bicyclic) bond motifs is 1. The van der Waals surface area contributed by atoms with Crippen molar-refractivity contribution in [3.8, 4) is 0 Å². The Kier molecular flexibility index (Phi) is 6.19. The number of hydrogen-bond acceptors (Lipinski definition) is 3. The van der Waals surface area contributed by atoms with Crippen LogP contribution in [0.4, 0.5) is 10.1 Å². The van der Waals surface area contributed by atoms with Crippen LogP contribution in [0.1, 0.15) is 35.3 Å². The third-order valence-corrected chi connectivity index (χ3v) is 6.28. The smallest absolute Gasteiger partial charge is 0.255 e. The van der Waals surface area contributed by atoms with Gasteiger partial charge in [0.15, 0.2) is 0 Å². The Morgan fingerprint density at radius 3 is 2.41 bits per heavy atom. The first-order valence-electron chi connectivity index (χ1n) is 10.8. The Balaban J connectivity index is 1.19. The second kappa shape index (κ2) is 8.99. The number of anilines is 1. The maximum absolute atomic E-state index is 13.1. The van der Waals surface area contributed by atoms with E-state index in [0.29, 0.717) is 0 Å². The lowest BCUT2D eigenvalue weighted by atomic mass is 10.2. The van der Waals surface area contributed by atoms with Crippen molar-refractivity contribution in [1.29, 1.82) is 0 Å². The quantitative estimate of drug-likeness (QED) is 0.701. The highest BCUT2D eigenvalue weighted by molar-refractivity contribution is 5.95. The van der Waals surface area contributed by atoms with Gasteiger partial charge in [0, 0.05) is 63.9 Å². The zero-order valence-corrected chi connectivity index (χ0v) is 17.3. The van der Waals surface area contributed by atoms with Crippen molar-refractivity contribution in [2.75, 3.05) is 50.7 Å². The van der Waals surface area contributed by atoms with Crippen molar-refractivity contribution < 1.29 is 9.18 Å². The molecule has 5 nitrogen and oxygen atoms in total. The Bertz CT molecular complexity index is 824. The second-order valence-corrected chi connectivity index (χ2v) is 8.19. The first-order valence-corrected chi connectivity index (χ1v) is 10.8. The van der Waals surface area contributed by atoms with Gasteiger partial charge in [-0.2, -0.15) is 0 Å². The van der Waals surface area contributed by atoms with E-state index in [1.54, 1.807) is 0 Å². The molecular formula is C23H31FN4O. The van der Waals surface area contributed by atoms with E-state index in [9.17, 15) is 9.18 Å². The van der Waals surface area contributed by atoms with Gasteiger partial charge in [-0.3, -0.25) is 9.69 Å². The van der Waals surface area contributed by atoms with E-state index >= 15 is 0 Å². The minimum absolute atomic E-state index is 0.182. The molecule has 0 spiro atoms. The van der Waals surface area contributed by atoms with Crippen LogP contribution in [-0.4, -0.2) is 66.1 Å². The van der Waals surface area contributed by atoms with Gasteiger partial charge in [-0.25, -0.2) is 4.39 Å². The van der Waals surface area contributed by atoms with Gasteiger partial charge in [0.05, 0.1) is 5.56 Å². The molecule has 0 atom stereocenters. The molecule has 29 heavy (non-hydrogen) atoms. The molecule has 1 fully saturated rings. The number of nitrogens with zero attached hydrogens (tertiary/aromatic N) is 4. The SMILES string of the molecule is Cn1ccc2c1CCCN(CCCCN1CCN(c3ccc(F)cc3)CC1)C2=O. The summed E-state index contributed by atoms with van der Waals surface area (Å²) in [6, 6.07) is 8.76. The first-order chi connectivity index (χ1) is 14.1. The van der Waals surface area contributed by atoms with Crippen molar-refractivity contribution in [2.24, 2.45) is 7.05 Å². The Hall–Kier alpha value is -2.34. The molecule has 4 rings (SSSR count). The molecule has 0 radical (unpaired) electrons. The fourth-order valence-electron chi connectivity index (χ4n) is 4.51. The zero-order valence-electron chi connectivity index (χ0n) is 17.3. The summed E-state index contributed by atoms with van der Waals surface area (Å²) in [7, 11) is 2.03. The van der Waals surface area contributed by atoms with Crippen LogP contribution in [0.15, 0.2) is 36.5 Å². The molecule has 156 valence electrons. The largest absolute Gasteiger partial charge is 0.369 e. The lowest BCUT2D eigenvalue weighted by Gasteiger charge is -2.36. The molecule has 2 aromatic rings. The molecule has 6 heteroatoms. The monoisotopic (exact) mass is 398 g/mol.